The Labute approximate surface area is 91.9 Å². The predicted octanol–water partition coefficient (Wildman–Crippen LogP) is 2.52. The smallest absolute Gasteiger partial charge is 0.139 e. The van der Waals surface area contributed by atoms with Crippen LogP contribution in [0.5, 0.6) is 0 Å². The van der Waals surface area contributed by atoms with E-state index in [0.717, 1.165) is 11.3 Å². The van der Waals surface area contributed by atoms with Crippen LogP contribution in [0.25, 0.3) is 0 Å². The van der Waals surface area contributed by atoms with Crippen molar-refractivity contribution in [2.24, 2.45) is 5.92 Å². The first-order valence-corrected chi connectivity index (χ1v) is 5.29. The van der Waals surface area contributed by atoms with Gasteiger partial charge in [-0.2, -0.15) is 0 Å². The van der Waals surface area contributed by atoms with Crippen LogP contribution in [0.2, 0.25) is 0 Å². The minimum atomic E-state index is 0.124. The molecule has 0 atom stereocenters. The lowest BCUT2D eigenvalue weighted by Crippen LogP contribution is -2.11. The summed E-state index contributed by atoms with van der Waals surface area (Å²) in [4.78, 5) is 13.6. The summed E-state index contributed by atoms with van der Waals surface area (Å²) in [7, 11) is 4.02. The van der Waals surface area contributed by atoms with Gasteiger partial charge in [0.15, 0.2) is 0 Å². The summed E-state index contributed by atoms with van der Waals surface area (Å²) in [5.41, 5.74) is 2.26. The number of nitrogens with zero attached hydrogens (tertiary/aromatic N) is 1. The van der Waals surface area contributed by atoms with Crippen molar-refractivity contribution in [1.82, 2.24) is 0 Å². The van der Waals surface area contributed by atoms with Crippen molar-refractivity contribution in [3.8, 4) is 0 Å². The molecule has 0 amide bonds. The van der Waals surface area contributed by atoms with Gasteiger partial charge in [0.25, 0.3) is 0 Å². The van der Waals surface area contributed by atoms with Gasteiger partial charge in [-0.15, -0.1) is 0 Å². The Kier molecular flexibility index (Phi) is 3.89. The van der Waals surface area contributed by atoms with Gasteiger partial charge in [-0.05, 0) is 17.7 Å². The molecule has 0 unspecified atom stereocenters. The molecule has 0 aliphatic carbocycles. The predicted molar refractivity (Wildman–Crippen MR) is 64.3 cm³/mol. The normalized spacial score (nSPS) is 10.5. The van der Waals surface area contributed by atoms with Crippen molar-refractivity contribution < 1.29 is 4.79 Å². The number of anilines is 1. The molecule has 0 spiro atoms. The molecule has 1 aromatic rings. The van der Waals surface area contributed by atoms with Gasteiger partial charge < -0.3 is 4.90 Å². The summed E-state index contributed by atoms with van der Waals surface area (Å²) >= 11 is 0. The van der Waals surface area contributed by atoms with Gasteiger partial charge in [-0.25, -0.2) is 0 Å². The molecular weight excluding hydrogens is 186 g/mol. The van der Waals surface area contributed by atoms with Crippen molar-refractivity contribution in [2.45, 2.75) is 20.3 Å². The third kappa shape index (κ3) is 3.39. The summed E-state index contributed by atoms with van der Waals surface area (Å²) in [5.74, 6) is 0.422. The molecule has 82 valence electrons. The fourth-order valence-electron chi connectivity index (χ4n) is 1.32. The molecule has 0 radical (unpaired) electrons. The number of carbonyl (C=O) groups excluding carboxylic acids is 1. The minimum absolute atomic E-state index is 0.124. The molecule has 0 fully saturated rings. The lowest BCUT2D eigenvalue weighted by molar-refractivity contribution is -0.121. The van der Waals surface area contributed by atoms with E-state index in [1.165, 1.54) is 0 Å². The zero-order valence-electron chi connectivity index (χ0n) is 9.95. The van der Waals surface area contributed by atoms with Crippen LogP contribution in [-0.2, 0) is 11.2 Å². The Balaban J connectivity index is 2.69. The highest BCUT2D eigenvalue weighted by atomic mass is 16.1. The molecule has 0 aromatic heterocycles. The van der Waals surface area contributed by atoms with Crippen LogP contribution in [0.3, 0.4) is 0 Å². The first kappa shape index (κ1) is 11.8. The van der Waals surface area contributed by atoms with Crippen LogP contribution in [-0.4, -0.2) is 19.9 Å². The monoisotopic (exact) mass is 205 g/mol. The molecule has 0 aliphatic rings. The Morgan fingerprint density at radius 3 is 2.13 bits per heavy atom. The second-order valence-corrected chi connectivity index (χ2v) is 4.36. The molecule has 0 saturated carbocycles. The maximum absolute atomic E-state index is 11.5. The van der Waals surface area contributed by atoms with E-state index in [4.69, 9.17) is 0 Å². The van der Waals surface area contributed by atoms with Crippen LogP contribution in [0.1, 0.15) is 19.4 Å². The number of benzene rings is 1. The van der Waals surface area contributed by atoms with E-state index < -0.39 is 0 Å². The van der Waals surface area contributed by atoms with Gasteiger partial charge in [0.05, 0.1) is 0 Å². The number of rotatable bonds is 4. The van der Waals surface area contributed by atoms with E-state index in [1.807, 2.05) is 57.1 Å². The molecule has 1 rings (SSSR count). The zero-order valence-corrected chi connectivity index (χ0v) is 9.95. The number of Topliss-reactive ketones (excluding diaryl/α,β-unsaturated/α-hetero) is 1. The zero-order chi connectivity index (χ0) is 11.4. The highest BCUT2D eigenvalue weighted by Gasteiger charge is 2.07. The topological polar surface area (TPSA) is 20.3 Å². The highest BCUT2D eigenvalue weighted by molar-refractivity contribution is 5.82. The van der Waals surface area contributed by atoms with Crippen molar-refractivity contribution in [2.75, 3.05) is 19.0 Å². The van der Waals surface area contributed by atoms with Gasteiger partial charge in [0.1, 0.15) is 5.78 Å². The molecule has 0 bridgehead atoms. The molecule has 0 saturated heterocycles. The maximum Gasteiger partial charge on any atom is 0.139 e. The first-order chi connectivity index (χ1) is 7.00. The Morgan fingerprint density at radius 2 is 1.73 bits per heavy atom. The van der Waals surface area contributed by atoms with E-state index in [9.17, 15) is 4.79 Å². The third-order valence-corrected chi connectivity index (χ3v) is 2.48. The molecule has 0 aliphatic heterocycles. The van der Waals surface area contributed by atoms with E-state index >= 15 is 0 Å². The fourth-order valence-corrected chi connectivity index (χ4v) is 1.32. The molecule has 2 heteroatoms. The van der Waals surface area contributed by atoms with Crippen LogP contribution in [0, 0.1) is 5.92 Å². The Morgan fingerprint density at radius 1 is 1.20 bits per heavy atom. The summed E-state index contributed by atoms with van der Waals surface area (Å²) < 4.78 is 0. The van der Waals surface area contributed by atoms with Crippen molar-refractivity contribution in [1.29, 1.82) is 0 Å². The van der Waals surface area contributed by atoms with Crippen molar-refractivity contribution in [3.05, 3.63) is 29.8 Å². The first-order valence-electron chi connectivity index (χ1n) is 5.29. The second kappa shape index (κ2) is 4.96. The largest absolute Gasteiger partial charge is 0.378 e. The van der Waals surface area contributed by atoms with Crippen LogP contribution >= 0.6 is 0 Å². The van der Waals surface area contributed by atoms with Gasteiger partial charge in [-0.1, -0.05) is 26.0 Å². The standard InChI is InChI=1S/C13H19NO/c1-10(2)13(15)9-11-5-7-12(8-6-11)14(3)4/h5-8,10H,9H2,1-4H3. The van der Waals surface area contributed by atoms with Crippen molar-refractivity contribution >= 4 is 11.5 Å². The quantitative estimate of drug-likeness (QED) is 0.752. The lowest BCUT2D eigenvalue weighted by Gasteiger charge is -2.12. The third-order valence-electron chi connectivity index (χ3n) is 2.48. The van der Waals surface area contributed by atoms with E-state index in [0.29, 0.717) is 12.2 Å². The molecule has 15 heavy (non-hydrogen) atoms. The number of ketones is 1. The molecule has 1 aromatic carbocycles. The Hall–Kier alpha value is -1.31. The van der Waals surface area contributed by atoms with E-state index in [1.54, 1.807) is 0 Å². The van der Waals surface area contributed by atoms with Gasteiger partial charge in [0.2, 0.25) is 0 Å². The summed E-state index contributed by atoms with van der Waals surface area (Å²) in [6.45, 7) is 3.88. The number of carbonyl (C=O) groups is 1. The van der Waals surface area contributed by atoms with Crippen LogP contribution in [0.4, 0.5) is 5.69 Å². The Bertz CT molecular complexity index is 325. The summed E-state index contributed by atoms with van der Waals surface area (Å²) in [5, 5.41) is 0. The van der Waals surface area contributed by atoms with Gasteiger partial charge in [0, 0.05) is 32.1 Å². The molecular formula is C13H19NO. The SMILES string of the molecule is CC(C)C(=O)Cc1ccc(N(C)C)cc1. The van der Waals surface area contributed by atoms with Crippen LogP contribution < -0.4 is 4.90 Å². The van der Waals surface area contributed by atoms with Crippen molar-refractivity contribution in [3.63, 3.8) is 0 Å². The van der Waals surface area contributed by atoms with Crippen LogP contribution in [0.15, 0.2) is 24.3 Å². The molecule has 0 N–H and O–H groups in total. The fraction of sp³-hybridized carbons (Fsp3) is 0.462. The summed E-state index contributed by atoms with van der Waals surface area (Å²) in [6.07, 6.45) is 0.547. The maximum atomic E-state index is 11.5. The minimum Gasteiger partial charge on any atom is -0.378 e. The van der Waals surface area contributed by atoms with Gasteiger partial charge >= 0.3 is 0 Å². The molecule has 2 nitrogen and oxygen atoms in total. The van der Waals surface area contributed by atoms with E-state index in [-0.39, 0.29) is 5.92 Å². The number of hydrogen-bond acceptors (Lipinski definition) is 2. The van der Waals surface area contributed by atoms with Gasteiger partial charge in [-0.3, -0.25) is 4.79 Å². The average molecular weight is 205 g/mol. The lowest BCUT2D eigenvalue weighted by atomic mass is 10.0. The molecule has 0 heterocycles. The second-order valence-electron chi connectivity index (χ2n) is 4.36. The number of hydrogen-bond donors (Lipinski definition) is 0. The highest BCUT2D eigenvalue weighted by Crippen LogP contribution is 2.13. The average Bonchev–Trinajstić information content (AvgIpc) is 2.18. The van der Waals surface area contributed by atoms with E-state index in [2.05, 4.69) is 0 Å². The summed E-state index contributed by atoms with van der Waals surface area (Å²) in [6, 6.07) is 8.14.